The van der Waals surface area contributed by atoms with Gasteiger partial charge in [0.2, 0.25) is 5.91 Å². The molecule has 0 spiro atoms. The maximum Gasteiger partial charge on any atom is 0.305 e. The van der Waals surface area contributed by atoms with Crippen molar-refractivity contribution in [2.24, 2.45) is 0 Å². The third-order valence-electron chi connectivity index (χ3n) is 8.18. The first-order valence-corrected chi connectivity index (χ1v) is 16.4. The summed E-state index contributed by atoms with van der Waals surface area (Å²) in [5.41, 5.74) is 6.49. The Kier molecular flexibility index (Phi) is 12.4. The van der Waals surface area contributed by atoms with Gasteiger partial charge in [0.15, 0.2) is 5.82 Å². The molecule has 2 amide bonds. The molecular weight excluding hydrogens is 588 g/mol. The summed E-state index contributed by atoms with van der Waals surface area (Å²) in [5.74, 6) is -1.25. The molecule has 0 radical (unpaired) electrons. The molecule has 3 aromatic carbocycles. The summed E-state index contributed by atoms with van der Waals surface area (Å²) in [6.07, 6.45) is 9.76. The number of hydrogen-bond acceptors (Lipinski definition) is 5. The van der Waals surface area contributed by atoms with Crippen LogP contribution in [-0.4, -0.2) is 45.4 Å². The molecule has 4 rings (SSSR count). The monoisotopic (exact) mass is 634 g/mol. The first-order chi connectivity index (χ1) is 22.5. The van der Waals surface area contributed by atoms with E-state index < -0.39 is 17.9 Å². The number of hydrogen-bond donors (Lipinski definition) is 3. The zero-order valence-corrected chi connectivity index (χ0v) is 27.9. The molecule has 8 nitrogen and oxygen atoms in total. The SMILES string of the molecule is CCCCCCc1ccc(-c2cnc(-c3ccc(C[C@H](NC(=O)c4ccc(C(C)(C)C)cc4)C(=O)NCCC(=O)O)cc3)nc2)cc1. The number of nitrogens with zero attached hydrogens (tertiary/aromatic N) is 2. The Bertz CT molecular complexity index is 1610. The summed E-state index contributed by atoms with van der Waals surface area (Å²) in [5, 5.41) is 14.5. The molecule has 3 N–H and O–H groups in total. The zero-order chi connectivity index (χ0) is 33.8. The molecule has 47 heavy (non-hydrogen) atoms. The zero-order valence-electron chi connectivity index (χ0n) is 27.9. The number of amides is 2. The van der Waals surface area contributed by atoms with Gasteiger partial charge in [0.25, 0.3) is 5.91 Å². The van der Waals surface area contributed by atoms with Crippen molar-refractivity contribution >= 4 is 17.8 Å². The van der Waals surface area contributed by atoms with E-state index in [4.69, 9.17) is 5.11 Å². The Morgan fingerprint density at radius 1 is 0.766 bits per heavy atom. The van der Waals surface area contributed by atoms with Crippen LogP contribution in [0.2, 0.25) is 0 Å². The Hall–Kier alpha value is -4.85. The predicted molar refractivity (Wildman–Crippen MR) is 186 cm³/mol. The Morgan fingerprint density at radius 2 is 1.38 bits per heavy atom. The van der Waals surface area contributed by atoms with Gasteiger partial charge in [0.1, 0.15) is 6.04 Å². The summed E-state index contributed by atoms with van der Waals surface area (Å²) < 4.78 is 0. The van der Waals surface area contributed by atoms with E-state index >= 15 is 0 Å². The fraction of sp³-hybridized carbons (Fsp3) is 0.359. The number of benzene rings is 3. The number of carboxylic acid groups (broad SMARTS) is 1. The van der Waals surface area contributed by atoms with Gasteiger partial charge in [-0.3, -0.25) is 14.4 Å². The number of aromatic nitrogens is 2. The third kappa shape index (κ3) is 10.6. The van der Waals surface area contributed by atoms with Gasteiger partial charge < -0.3 is 15.7 Å². The van der Waals surface area contributed by atoms with Crippen molar-refractivity contribution in [2.45, 2.75) is 84.1 Å². The van der Waals surface area contributed by atoms with Gasteiger partial charge in [-0.05, 0) is 52.6 Å². The van der Waals surface area contributed by atoms with Crippen molar-refractivity contribution in [3.05, 3.63) is 107 Å². The molecular formula is C39H46N4O4. The minimum Gasteiger partial charge on any atom is -0.481 e. The van der Waals surface area contributed by atoms with Crippen LogP contribution in [0.15, 0.2) is 85.2 Å². The molecule has 0 saturated heterocycles. The third-order valence-corrected chi connectivity index (χ3v) is 8.18. The van der Waals surface area contributed by atoms with Crippen LogP contribution in [0.5, 0.6) is 0 Å². The van der Waals surface area contributed by atoms with Crippen molar-refractivity contribution in [1.82, 2.24) is 20.6 Å². The molecule has 0 aliphatic carbocycles. The molecule has 0 aliphatic rings. The normalized spacial score (nSPS) is 11.9. The molecule has 0 aliphatic heterocycles. The summed E-state index contributed by atoms with van der Waals surface area (Å²) in [4.78, 5) is 46.4. The summed E-state index contributed by atoms with van der Waals surface area (Å²) in [7, 11) is 0. The molecule has 0 saturated carbocycles. The second-order valence-corrected chi connectivity index (χ2v) is 13.0. The second-order valence-electron chi connectivity index (χ2n) is 13.0. The minimum absolute atomic E-state index is 0.0315. The molecule has 246 valence electrons. The van der Waals surface area contributed by atoms with Gasteiger partial charge in [-0.1, -0.05) is 108 Å². The van der Waals surface area contributed by atoms with E-state index in [2.05, 4.69) is 72.6 Å². The molecule has 8 heteroatoms. The number of unbranched alkanes of at least 4 members (excludes halogenated alkanes) is 3. The fourth-order valence-electron chi connectivity index (χ4n) is 5.26. The lowest BCUT2D eigenvalue weighted by atomic mass is 9.86. The van der Waals surface area contributed by atoms with Crippen LogP contribution < -0.4 is 10.6 Å². The number of carbonyl (C=O) groups excluding carboxylic acids is 2. The number of carboxylic acids is 1. The topological polar surface area (TPSA) is 121 Å². The maximum absolute atomic E-state index is 13.1. The standard InChI is InChI=1S/C39H46N4O4/c1-5-6-7-8-9-27-10-14-29(15-11-27)32-25-41-36(42-26-32)30-16-12-28(13-17-30)24-34(38(47)40-23-22-35(44)45)43-37(46)31-18-20-33(21-19-31)39(2,3)4/h10-21,25-26,34H,5-9,22-24H2,1-4H3,(H,40,47)(H,43,46)(H,44,45)/t34-/m0/s1. The predicted octanol–water partition coefficient (Wildman–Crippen LogP) is 7.16. The number of aryl methyl sites for hydroxylation is 1. The van der Waals surface area contributed by atoms with E-state index in [1.54, 1.807) is 12.1 Å². The largest absolute Gasteiger partial charge is 0.481 e. The number of nitrogens with one attached hydrogen (secondary N) is 2. The lowest BCUT2D eigenvalue weighted by molar-refractivity contribution is -0.137. The highest BCUT2D eigenvalue weighted by molar-refractivity contribution is 5.97. The van der Waals surface area contributed by atoms with E-state index in [1.807, 2.05) is 48.8 Å². The minimum atomic E-state index is -1.01. The highest BCUT2D eigenvalue weighted by Crippen LogP contribution is 2.24. The Balaban J connectivity index is 1.42. The Morgan fingerprint density at radius 3 is 1.98 bits per heavy atom. The van der Waals surface area contributed by atoms with Crippen LogP contribution in [0.1, 0.15) is 86.8 Å². The highest BCUT2D eigenvalue weighted by atomic mass is 16.4. The van der Waals surface area contributed by atoms with Gasteiger partial charge in [0, 0.05) is 42.0 Å². The first kappa shape index (κ1) is 35.0. The van der Waals surface area contributed by atoms with Gasteiger partial charge in [-0.25, -0.2) is 9.97 Å². The lowest BCUT2D eigenvalue weighted by Crippen LogP contribution is -2.48. The first-order valence-electron chi connectivity index (χ1n) is 16.4. The fourth-order valence-corrected chi connectivity index (χ4v) is 5.26. The summed E-state index contributed by atoms with van der Waals surface area (Å²) in [6, 6.07) is 22.6. The number of rotatable bonds is 15. The van der Waals surface area contributed by atoms with E-state index in [9.17, 15) is 14.4 Å². The van der Waals surface area contributed by atoms with Gasteiger partial charge >= 0.3 is 5.97 Å². The molecule has 1 aromatic heterocycles. The van der Waals surface area contributed by atoms with Gasteiger partial charge in [0.05, 0.1) is 6.42 Å². The maximum atomic E-state index is 13.1. The van der Waals surface area contributed by atoms with Crippen LogP contribution in [0.3, 0.4) is 0 Å². The lowest BCUT2D eigenvalue weighted by Gasteiger charge is -2.20. The van der Waals surface area contributed by atoms with Gasteiger partial charge in [-0.15, -0.1) is 0 Å². The Labute approximate surface area is 278 Å². The molecule has 1 atom stereocenters. The van der Waals surface area contributed by atoms with Crippen LogP contribution >= 0.6 is 0 Å². The van der Waals surface area contributed by atoms with Crippen LogP contribution in [0, 0.1) is 0 Å². The summed E-state index contributed by atoms with van der Waals surface area (Å²) in [6.45, 7) is 8.49. The van der Waals surface area contributed by atoms with E-state index in [0.29, 0.717) is 11.4 Å². The molecule has 0 bridgehead atoms. The molecule has 0 unspecified atom stereocenters. The van der Waals surface area contributed by atoms with Crippen molar-refractivity contribution in [2.75, 3.05) is 6.54 Å². The van der Waals surface area contributed by atoms with Crippen molar-refractivity contribution < 1.29 is 19.5 Å². The number of aliphatic carboxylic acids is 1. The average Bonchev–Trinajstić information content (AvgIpc) is 3.06. The van der Waals surface area contributed by atoms with Crippen molar-refractivity contribution in [3.63, 3.8) is 0 Å². The van der Waals surface area contributed by atoms with Gasteiger partial charge in [-0.2, -0.15) is 0 Å². The van der Waals surface area contributed by atoms with E-state index in [-0.39, 0.29) is 30.7 Å². The van der Waals surface area contributed by atoms with E-state index in [0.717, 1.165) is 34.2 Å². The van der Waals surface area contributed by atoms with Crippen molar-refractivity contribution in [3.8, 4) is 22.5 Å². The highest BCUT2D eigenvalue weighted by Gasteiger charge is 2.23. The molecule has 4 aromatic rings. The summed E-state index contributed by atoms with van der Waals surface area (Å²) >= 11 is 0. The van der Waals surface area contributed by atoms with Crippen molar-refractivity contribution in [1.29, 1.82) is 0 Å². The van der Waals surface area contributed by atoms with Crippen LogP contribution in [-0.2, 0) is 27.8 Å². The average molecular weight is 635 g/mol. The smallest absolute Gasteiger partial charge is 0.305 e. The number of carbonyl (C=O) groups is 3. The molecule has 1 heterocycles. The quantitative estimate of drug-likeness (QED) is 0.119. The molecule has 0 fully saturated rings. The second kappa shape index (κ2) is 16.6. The van der Waals surface area contributed by atoms with E-state index in [1.165, 1.54) is 31.2 Å². The van der Waals surface area contributed by atoms with Crippen LogP contribution in [0.4, 0.5) is 0 Å². The van der Waals surface area contributed by atoms with Crippen LogP contribution in [0.25, 0.3) is 22.5 Å².